The fourth-order valence-electron chi connectivity index (χ4n) is 2.03. The van der Waals surface area contributed by atoms with Crippen LogP contribution in [-0.2, 0) is 4.74 Å². The Balaban J connectivity index is 1.92. The van der Waals surface area contributed by atoms with Crippen LogP contribution in [0.5, 0.6) is 0 Å². The number of furan rings is 1. The Bertz CT molecular complexity index is 758. The van der Waals surface area contributed by atoms with Gasteiger partial charge in [-0.1, -0.05) is 0 Å². The van der Waals surface area contributed by atoms with Gasteiger partial charge in [0, 0.05) is 30.8 Å². The van der Waals surface area contributed by atoms with Gasteiger partial charge in [0.1, 0.15) is 11.5 Å². The zero-order chi connectivity index (χ0) is 18.2. The molecular weight excluding hydrogens is 344 g/mol. The van der Waals surface area contributed by atoms with Crippen molar-refractivity contribution in [2.75, 3.05) is 13.7 Å². The molecule has 2 N–H and O–H groups in total. The number of ether oxygens (including phenoxy) is 1. The predicted molar refractivity (Wildman–Crippen MR) is 98.6 cm³/mol. The maximum atomic E-state index is 10.7. The lowest BCUT2D eigenvalue weighted by molar-refractivity contribution is -0.384. The summed E-state index contributed by atoms with van der Waals surface area (Å²) in [6.45, 7) is 2.46. The van der Waals surface area contributed by atoms with Crippen molar-refractivity contribution >= 4 is 29.2 Å². The zero-order valence-electron chi connectivity index (χ0n) is 13.8. The summed E-state index contributed by atoms with van der Waals surface area (Å²) in [6, 6.07) is 9.69. The fourth-order valence-corrected chi connectivity index (χ4v) is 2.28. The topological polar surface area (TPSA) is 102 Å². The second-order valence-corrected chi connectivity index (χ2v) is 5.61. The molecule has 0 saturated carbocycles. The van der Waals surface area contributed by atoms with Gasteiger partial charge in [0.25, 0.3) is 5.69 Å². The van der Waals surface area contributed by atoms with Crippen molar-refractivity contribution in [1.82, 2.24) is 10.7 Å². The number of rotatable bonds is 7. The van der Waals surface area contributed by atoms with Crippen LogP contribution in [0, 0.1) is 10.1 Å². The monoisotopic (exact) mass is 362 g/mol. The standard InChI is InChI=1S/C16H18N4O4S/c1-11(10-23-2)18-16(25)19-17-9-14-7-8-15(24-14)12-3-5-13(6-4-12)20(21)22/h3-9,11H,10H2,1-2H3,(H2,18,19,25)/b17-9-/t11-/m0/s1. The predicted octanol–water partition coefficient (Wildman–Crippen LogP) is 2.69. The van der Waals surface area contributed by atoms with Crippen LogP contribution in [0.25, 0.3) is 11.3 Å². The molecule has 1 aromatic carbocycles. The molecule has 0 bridgehead atoms. The van der Waals surface area contributed by atoms with Gasteiger partial charge in [0.15, 0.2) is 5.11 Å². The van der Waals surface area contributed by atoms with Gasteiger partial charge in [-0.05, 0) is 43.4 Å². The number of nitro groups is 1. The van der Waals surface area contributed by atoms with Crippen LogP contribution in [0.4, 0.5) is 5.69 Å². The van der Waals surface area contributed by atoms with Gasteiger partial charge in [0.2, 0.25) is 0 Å². The summed E-state index contributed by atoms with van der Waals surface area (Å²) in [6.07, 6.45) is 1.49. The van der Waals surface area contributed by atoms with Gasteiger partial charge < -0.3 is 14.5 Å². The summed E-state index contributed by atoms with van der Waals surface area (Å²) >= 11 is 5.10. The fraction of sp³-hybridized carbons (Fsp3) is 0.250. The van der Waals surface area contributed by atoms with E-state index in [1.807, 2.05) is 6.92 Å². The highest BCUT2D eigenvalue weighted by atomic mass is 32.1. The molecule has 0 amide bonds. The Labute approximate surface area is 150 Å². The second kappa shape index (κ2) is 8.90. The van der Waals surface area contributed by atoms with E-state index in [1.165, 1.54) is 18.3 Å². The number of nitrogens with zero attached hydrogens (tertiary/aromatic N) is 2. The van der Waals surface area contributed by atoms with Gasteiger partial charge in [-0.25, -0.2) is 0 Å². The van der Waals surface area contributed by atoms with Crippen LogP contribution in [0.2, 0.25) is 0 Å². The van der Waals surface area contributed by atoms with Crippen LogP contribution in [0.1, 0.15) is 12.7 Å². The van der Waals surface area contributed by atoms with Crippen molar-refractivity contribution in [1.29, 1.82) is 0 Å². The van der Waals surface area contributed by atoms with Crippen LogP contribution < -0.4 is 10.7 Å². The van der Waals surface area contributed by atoms with Crippen molar-refractivity contribution in [3.05, 3.63) is 52.3 Å². The highest BCUT2D eigenvalue weighted by Gasteiger charge is 2.08. The van der Waals surface area contributed by atoms with E-state index < -0.39 is 4.92 Å². The molecule has 1 atom stereocenters. The molecule has 0 fully saturated rings. The molecule has 1 heterocycles. The van der Waals surface area contributed by atoms with E-state index in [4.69, 9.17) is 21.4 Å². The Morgan fingerprint density at radius 3 is 2.76 bits per heavy atom. The van der Waals surface area contributed by atoms with Crippen LogP contribution in [0.3, 0.4) is 0 Å². The highest BCUT2D eigenvalue weighted by molar-refractivity contribution is 7.80. The molecule has 2 rings (SSSR count). The number of thiocarbonyl (C=S) groups is 1. The minimum absolute atomic E-state index is 0.0324. The Morgan fingerprint density at radius 2 is 2.12 bits per heavy atom. The number of nitro benzene ring substituents is 1. The van der Waals surface area contributed by atoms with Crippen LogP contribution in [0.15, 0.2) is 45.9 Å². The molecule has 25 heavy (non-hydrogen) atoms. The average Bonchev–Trinajstić information content (AvgIpc) is 3.04. The lowest BCUT2D eigenvalue weighted by atomic mass is 10.1. The third-order valence-corrected chi connectivity index (χ3v) is 3.35. The van der Waals surface area contributed by atoms with Crippen LogP contribution >= 0.6 is 12.2 Å². The number of hydrogen-bond acceptors (Lipinski definition) is 6. The number of hydrazone groups is 1. The molecule has 9 heteroatoms. The van der Waals surface area contributed by atoms with E-state index in [-0.39, 0.29) is 11.7 Å². The molecule has 0 aliphatic rings. The van der Waals surface area contributed by atoms with Crippen molar-refractivity contribution < 1.29 is 14.1 Å². The maximum Gasteiger partial charge on any atom is 0.269 e. The molecular formula is C16H18N4O4S. The quantitative estimate of drug-likeness (QED) is 0.338. The third kappa shape index (κ3) is 5.66. The molecule has 0 saturated heterocycles. The summed E-state index contributed by atoms with van der Waals surface area (Å²) in [7, 11) is 1.62. The first-order valence-electron chi connectivity index (χ1n) is 7.42. The molecule has 132 valence electrons. The normalized spacial score (nSPS) is 12.1. The van der Waals surface area contributed by atoms with Crippen molar-refractivity contribution in [2.24, 2.45) is 5.10 Å². The molecule has 8 nitrogen and oxygen atoms in total. The smallest absolute Gasteiger partial charge is 0.269 e. The number of non-ortho nitro benzene ring substituents is 1. The first kappa shape index (κ1) is 18.6. The average molecular weight is 362 g/mol. The number of benzene rings is 1. The first-order chi connectivity index (χ1) is 12.0. The summed E-state index contributed by atoms with van der Waals surface area (Å²) in [5.41, 5.74) is 3.46. The molecule has 0 aliphatic carbocycles. The van der Waals surface area contributed by atoms with E-state index in [2.05, 4.69) is 15.8 Å². The summed E-state index contributed by atoms with van der Waals surface area (Å²) < 4.78 is 10.6. The largest absolute Gasteiger partial charge is 0.455 e. The Morgan fingerprint density at radius 1 is 1.40 bits per heavy atom. The molecule has 0 radical (unpaired) electrons. The van der Waals surface area contributed by atoms with E-state index in [1.54, 1.807) is 31.4 Å². The van der Waals surface area contributed by atoms with Crippen molar-refractivity contribution in [2.45, 2.75) is 13.0 Å². The number of nitrogens with one attached hydrogen (secondary N) is 2. The highest BCUT2D eigenvalue weighted by Crippen LogP contribution is 2.23. The second-order valence-electron chi connectivity index (χ2n) is 5.21. The molecule has 0 spiro atoms. The molecule has 1 aromatic heterocycles. The lowest BCUT2D eigenvalue weighted by Gasteiger charge is -2.13. The third-order valence-electron chi connectivity index (χ3n) is 3.14. The van der Waals surface area contributed by atoms with Crippen LogP contribution in [-0.4, -0.2) is 36.0 Å². The van der Waals surface area contributed by atoms with Gasteiger partial charge >= 0.3 is 0 Å². The summed E-state index contributed by atoms with van der Waals surface area (Å²) in [4.78, 5) is 10.2. The van der Waals surface area contributed by atoms with E-state index in [0.29, 0.717) is 23.2 Å². The van der Waals surface area contributed by atoms with E-state index in [9.17, 15) is 10.1 Å². The minimum Gasteiger partial charge on any atom is -0.455 e. The molecule has 0 aliphatic heterocycles. The zero-order valence-corrected chi connectivity index (χ0v) is 14.6. The van der Waals surface area contributed by atoms with Crippen molar-refractivity contribution in [3.8, 4) is 11.3 Å². The van der Waals surface area contributed by atoms with Gasteiger partial charge in [0.05, 0.1) is 17.7 Å². The van der Waals surface area contributed by atoms with Gasteiger partial charge in [-0.3, -0.25) is 15.5 Å². The summed E-state index contributed by atoms with van der Waals surface area (Å²) in [5, 5.41) is 18.0. The minimum atomic E-state index is -0.444. The lowest BCUT2D eigenvalue weighted by Crippen LogP contribution is -2.40. The van der Waals surface area contributed by atoms with Gasteiger partial charge in [-0.15, -0.1) is 0 Å². The SMILES string of the molecule is COC[C@H](C)NC(=S)N/N=C\c1ccc(-c2ccc([N+](=O)[O-])cc2)o1. The number of hydrogen-bond donors (Lipinski definition) is 2. The van der Waals surface area contributed by atoms with E-state index in [0.717, 1.165) is 5.56 Å². The van der Waals surface area contributed by atoms with Crippen molar-refractivity contribution in [3.63, 3.8) is 0 Å². The molecule has 0 unspecified atom stereocenters. The Hall–Kier alpha value is -2.78. The molecule has 2 aromatic rings. The number of methoxy groups -OCH3 is 1. The maximum absolute atomic E-state index is 10.7. The summed E-state index contributed by atoms with van der Waals surface area (Å²) in [5.74, 6) is 1.11. The first-order valence-corrected chi connectivity index (χ1v) is 7.83. The van der Waals surface area contributed by atoms with Gasteiger partial charge in [-0.2, -0.15) is 5.10 Å². The Kier molecular flexibility index (Phi) is 6.61. The van der Waals surface area contributed by atoms with E-state index >= 15 is 0 Å².